The van der Waals surface area contributed by atoms with Crippen LogP contribution in [0.3, 0.4) is 0 Å². The Balaban J connectivity index is 2.68. The standard InChI is InChI=1S/C7H8N2O4/c8-7(12)13-9-4-1-2-5(10)6(11)3-4/h1-3,9-11H,(H2,8,12). The molecular formula is C7H8N2O4. The number of nitrogens with one attached hydrogen (secondary N) is 1. The summed E-state index contributed by atoms with van der Waals surface area (Å²) >= 11 is 0. The molecule has 1 rings (SSSR count). The smallest absolute Gasteiger partial charge is 0.428 e. The number of phenolic OH excluding ortho intramolecular Hbond substituents is 2. The number of benzene rings is 1. The van der Waals surface area contributed by atoms with Crippen LogP contribution < -0.4 is 11.2 Å². The Morgan fingerprint density at radius 3 is 2.62 bits per heavy atom. The number of carbonyl (C=O) groups excluding carboxylic acids is 1. The van der Waals surface area contributed by atoms with Gasteiger partial charge in [-0.2, -0.15) is 0 Å². The molecule has 13 heavy (non-hydrogen) atoms. The Morgan fingerprint density at radius 1 is 1.38 bits per heavy atom. The first-order valence-corrected chi connectivity index (χ1v) is 3.34. The maximum Gasteiger partial charge on any atom is 0.428 e. The summed E-state index contributed by atoms with van der Waals surface area (Å²) in [5, 5.41) is 17.9. The topological polar surface area (TPSA) is 105 Å². The molecule has 0 aliphatic carbocycles. The molecule has 0 saturated heterocycles. The van der Waals surface area contributed by atoms with Gasteiger partial charge in [0, 0.05) is 6.07 Å². The van der Waals surface area contributed by atoms with Crippen molar-refractivity contribution in [3.8, 4) is 11.5 Å². The number of carbonyl (C=O) groups is 1. The van der Waals surface area contributed by atoms with Gasteiger partial charge >= 0.3 is 6.09 Å². The fourth-order valence-corrected chi connectivity index (χ4v) is 0.696. The predicted octanol–water partition coefficient (Wildman–Crippen LogP) is 0.520. The highest BCUT2D eigenvalue weighted by molar-refractivity contribution is 5.66. The molecule has 0 heterocycles. The van der Waals surface area contributed by atoms with Gasteiger partial charge in [-0.3, -0.25) is 0 Å². The number of nitrogens with two attached hydrogens (primary N) is 1. The first-order chi connectivity index (χ1) is 6.09. The molecule has 1 aromatic carbocycles. The van der Waals surface area contributed by atoms with Gasteiger partial charge in [0.15, 0.2) is 11.5 Å². The van der Waals surface area contributed by atoms with Gasteiger partial charge < -0.3 is 20.8 Å². The number of hydrogen-bond acceptors (Lipinski definition) is 5. The third kappa shape index (κ3) is 2.44. The average Bonchev–Trinajstić information content (AvgIpc) is 2.07. The fraction of sp³-hybridized carbons (Fsp3) is 0. The predicted molar refractivity (Wildman–Crippen MR) is 44.1 cm³/mol. The zero-order valence-electron chi connectivity index (χ0n) is 6.52. The summed E-state index contributed by atoms with van der Waals surface area (Å²) in [5.41, 5.74) is 7.14. The molecule has 6 heteroatoms. The van der Waals surface area contributed by atoms with Crippen LogP contribution in [0.2, 0.25) is 0 Å². The van der Waals surface area contributed by atoms with E-state index in [1.165, 1.54) is 18.2 Å². The molecule has 0 unspecified atom stereocenters. The monoisotopic (exact) mass is 184 g/mol. The number of primary amides is 1. The third-order valence-corrected chi connectivity index (χ3v) is 1.24. The van der Waals surface area contributed by atoms with E-state index in [1.54, 1.807) is 0 Å². The van der Waals surface area contributed by atoms with Crippen molar-refractivity contribution in [1.82, 2.24) is 0 Å². The second-order valence-corrected chi connectivity index (χ2v) is 2.23. The zero-order valence-corrected chi connectivity index (χ0v) is 6.52. The van der Waals surface area contributed by atoms with Crippen LogP contribution >= 0.6 is 0 Å². The van der Waals surface area contributed by atoms with Gasteiger partial charge in [0.1, 0.15) is 0 Å². The minimum Gasteiger partial charge on any atom is -0.504 e. The summed E-state index contributed by atoms with van der Waals surface area (Å²) in [6.45, 7) is 0. The quantitative estimate of drug-likeness (QED) is 0.304. The summed E-state index contributed by atoms with van der Waals surface area (Å²) < 4.78 is 0. The van der Waals surface area contributed by atoms with E-state index in [9.17, 15) is 4.79 Å². The van der Waals surface area contributed by atoms with Crippen LogP contribution in [-0.2, 0) is 4.84 Å². The molecule has 0 atom stereocenters. The highest BCUT2D eigenvalue weighted by Gasteiger charge is 2.01. The fourth-order valence-electron chi connectivity index (χ4n) is 0.696. The van der Waals surface area contributed by atoms with Crippen LogP contribution in [0.4, 0.5) is 10.5 Å². The Hall–Kier alpha value is -2.11. The second-order valence-electron chi connectivity index (χ2n) is 2.23. The van der Waals surface area contributed by atoms with E-state index in [-0.39, 0.29) is 11.5 Å². The maximum atomic E-state index is 10.2. The van der Waals surface area contributed by atoms with E-state index >= 15 is 0 Å². The van der Waals surface area contributed by atoms with Gasteiger partial charge in [-0.1, -0.05) is 0 Å². The van der Waals surface area contributed by atoms with Crippen molar-refractivity contribution in [2.45, 2.75) is 0 Å². The van der Waals surface area contributed by atoms with Gasteiger partial charge in [0.05, 0.1) is 5.69 Å². The van der Waals surface area contributed by atoms with Crippen molar-refractivity contribution >= 4 is 11.8 Å². The van der Waals surface area contributed by atoms with E-state index in [0.717, 1.165) is 0 Å². The van der Waals surface area contributed by atoms with Gasteiger partial charge in [0.25, 0.3) is 0 Å². The summed E-state index contributed by atoms with van der Waals surface area (Å²) in [4.78, 5) is 14.4. The molecule has 1 aromatic rings. The molecule has 5 N–H and O–H groups in total. The van der Waals surface area contributed by atoms with Gasteiger partial charge in [-0.05, 0) is 12.1 Å². The number of rotatable bonds is 2. The number of amides is 1. The molecule has 0 aliphatic heterocycles. The maximum absolute atomic E-state index is 10.2. The minimum absolute atomic E-state index is 0.260. The number of phenols is 2. The third-order valence-electron chi connectivity index (χ3n) is 1.24. The SMILES string of the molecule is NC(=O)ONc1ccc(O)c(O)c1. The summed E-state index contributed by atoms with van der Waals surface area (Å²) in [6.07, 6.45) is -0.993. The lowest BCUT2D eigenvalue weighted by Crippen LogP contribution is -2.16. The summed E-state index contributed by atoms with van der Waals surface area (Å²) in [6, 6.07) is 3.82. The van der Waals surface area contributed by atoms with E-state index in [0.29, 0.717) is 5.69 Å². The number of aromatic hydroxyl groups is 2. The van der Waals surface area contributed by atoms with Crippen LogP contribution in [0.25, 0.3) is 0 Å². The molecule has 1 amide bonds. The number of hydrogen-bond donors (Lipinski definition) is 4. The molecule has 0 aromatic heterocycles. The minimum atomic E-state index is -0.993. The molecule has 0 aliphatic rings. The van der Waals surface area contributed by atoms with E-state index in [2.05, 4.69) is 16.1 Å². The molecular weight excluding hydrogens is 176 g/mol. The molecule has 0 fully saturated rings. The highest BCUT2D eigenvalue weighted by Crippen LogP contribution is 2.27. The first kappa shape index (κ1) is 8.98. The Labute approximate surface area is 73.5 Å². The van der Waals surface area contributed by atoms with Gasteiger partial charge in [-0.25, -0.2) is 10.3 Å². The van der Waals surface area contributed by atoms with E-state index < -0.39 is 6.09 Å². The number of anilines is 1. The van der Waals surface area contributed by atoms with Crippen molar-refractivity contribution in [1.29, 1.82) is 0 Å². The normalized spacial score (nSPS) is 9.23. The average molecular weight is 184 g/mol. The lowest BCUT2D eigenvalue weighted by atomic mass is 10.3. The largest absolute Gasteiger partial charge is 0.504 e. The van der Waals surface area contributed by atoms with E-state index in [1.807, 2.05) is 0 Å². The zero-order chi connectivity index (χ0) is 9.84. The Bertz CT molecular complexity index is 326. The molecule has 0 radical (unpaired) electrons. The first-order valence-electron chi connectivity index (χ1n) is 3.34. The van der Waals surface area contributed by atoms with Crippen LogP contribution in [0.15, 0.2) is 18.2 Å². The van der Waals surface area contributed by atoms with Crippen LogP contribution in [0, 0.1) is 0 Å². The van der Waals surface area contributed by atoms with Crippen LogP contribution in [-0.4, -0.2) is 16.3 Å². The van der Waals surface area contributed by atoms with E-state index in [4.69, 9.17) is 10.2 Å². The Kier molecular flexibility index (Phi) is 2.44. The molecule has 0 saturated carbocycles. The Morgan fingerprint density at radius 2 is 2.08 bits per heavy atom. The van der Waals surface area contributed by atoms with Crippen molar-refractivity contribution in [2.75, 3.05) is 5.48 Å². The highest BCUT2D eigenvalue weighted by atomic mass is 16.7. The second kappa shape index (κ2) is 3.53. The van der Waals surface area contributed by atoms with Gasteiger partial charge in [0.2, 0.25) is 0 Å². The summed E-state index contributed by atoms with van der Waals surface area (Å²) in [7, 11) is 0. The molecule has 0 bridgehead atoms. The lowest BCUT2D eigenvalue weighted by Gasteiger charge is -2.04. The van der Waals surface area contributed by atoms with Crippen LogP contribution in [0.5, 0.6) is 11.5 Å². The van der Waals surface area contributed by atoms with Crippen molar-refractivity contribution in [2.24, 2.45) is 5.73 Å². The molecule has 6 nitrogen and oxygen atoms in total. The summed E-state index contributed by atoms with van der Waals surface area (Å²) in [5.74, 6) is -0.581. The lowest BCUT2D eigenvalue weighted by molar-refractivity contribution is 0.180. The van der Waals surface area contributed by atoms with Crippen LogP contribution in [0.1, 0.15) is 0 Å². The molecule has 0 spiro atoms. The van der Waals surface area contributed by atoms with Crippen molar-refractivity contribution in [3.63, 3.8) is 0 Å². The van der Waals surface area contributed by atoms with Crippen molar-refractivity contribution in [3.05, 3.63) is 18.2 Å². The molecule has 70 valence electrons. The van der Waals surface area contributed by atoms with Gasteiger partial charge in [-0.15, -0.1) is 0 Å². The van der Waals surface area contributed by atoms with Crippen molar-refractivity contribution < 1.29 is 19.8 Å².